The average Bonchev–Trinajstić information content (AvgIpc) is 3.23. The second kappa shape index (κ2) is 8.05. The van der Waals surface area contributed by atoms with Gasteiger partial charge in [-0.25, -0.2) is 18.6 Å². The van der Waals surface area contributed by atoms with Crippen molar-refractivity contribution < 1.29 is 8.78 Å². The summed E-state index contributed by atoms with van der Waals surface area (Å²) in [6.45, 7) is 3.57. The van der Waals surface area contributed by atoms with Gasteiger partial charge in [-0.05, 0) is 26.0 Å². The molecular formula is C24H22F2N6O2. The molecule has 0 fully saturated rings. The van der Waals surface area contributed by atoms with Crippen molar-refractivity contribution in [2.75, 3.05) is 5.01 Å². The topological polar surface area (TPSA) is 77.4 Å². The number of nitrogens with zero attached hydrogens (tertiary/aromatic N) is 6. The lowest BCUT2D eigenvalue weighted by Crippen LogP contribution is -2.40. The quantitative estimate of drug-likeness (QED) is 0.465. The lowest BCUT2D eigenvalue weighted by molar-refractivity contribution is 0.579. The van der Waals surface area contributed by atoms with Crippen molar-refractivity contribution in [2.24, 2.45) is 12.1 Å². The second-order valence-electron chi connectivity index (χ2n) is 8.34. The first-order valence-corrected chi connectivity index (χ1v) is 10.8. The maximum atomic E-state index is 14.3. The predicted molar refractivity (Wildman–Crippen MR) is 125 cm³/mol. The molecule has 10 heteroatoms. The minimum Gasteiger partial charge on any atom is -0.294 e. The third-order valence-electron chi connectivity index (χ3n) is 6.22. The van der Waals surface area contributed by atoms with Gasteiger partial charge in [0.15, 0.2) is 11.2 Å². The van der Waals surface area contributed by atoms with E-state index in [1.807, 2.05) is 13.8 Å². The van der Waals surface area contributed by atoms with Gasteiger partial charge in [-0.3, -0.25) is 18.5 Å². The van der Waals surface area contributed by atoms with Crippen LogP contribution in [0.3, 0.4) is 0 Å². The third kappa shape index (κ3) is 3.33. The lowest BCUT2D eigenvalue weighted by atomic mass is 10.2. The number of aromatic nitrogens is 4. The molecule has 0 saturated carbocycles. The summed E-state index contributed by atoms with van der Waals surface area (Å²) in [6.07, 6.45) is 0. The molecule has 1 aliphatic rings. The Labute approximate surface area is 193 Å². The van der Waals surface area contributed by atoms with Gasteiger partial charge in [-0.1, -0.05) is 36.4 Å². The summed E-state index contributed by atoms with van der Waals surface area (Å²) < 4.78 is 32.6. The van der Waals surface area contributed by atoms with E-state index >= 15 is 0 Å². The number of rotatable bonds is 4. The highest BCUT2D eigenvalue weighted by atomic mass is 19.1. The highest BCUT2D eigenvalue weighted by Crippen LogP contribution is 2.31. The molecule has 0 N–H and O–H groups in total. The van der Waals surface area contributed by atoms with Crippen molar-refractivity contribution in [3.8, 4) is 0 Å². The molecule has 5 rings (SSSR count). The molecule has 0 amide bonds. The van der Waals surface area contributed by atoms with Crippen molar-refractivity contribution in [1.29, 1.82) is 0 Å². The van der Waals surface area contributed by atoms with Crippen LogP contribution in [-0.4, -0.2) is 24.4 Å². The van der Waals surface area contributed by atoms with E-state index in [1.54, 1.807) is 34.9 Å². The molecule has 1 atom stereocenters. The Balaban J connectivity index is 1.71. The van der Waals surface area contributed by atoms with Gasteiger partial charge in [0.25, 0.3) is 5.56 Å². The van der Waals surface area contributed by atoms with E-state index in [2.05, 4.69) is 10.1 Å². The Hall–Kier alpha value is -4.08. The summed E-state index contributed by atoms with van der Waals surface area (Å²) in [6, 6.07) is 12.0. The lowest BCUT2D eigenvalue weighted by Gasteiger charge is -2.29. The molecule has 2 aromatic heterocycles. The maximum Gasteiger partial charge on any atom is 0.332 e. The standard InChI is InChI=1S/C24H22F2N6O2/c1-14-15(2)32-20-21(27-23(32)31(28-14)13-17-9-5-7-11-19(17)26)29(3)24(34)30(22(20)33)12-16-8-4-6-10-18(16)25/h4-11,15H,12-13H2,1-3H3. The number of hydrogen-bond acceptors (Lipinski definition) is 5. The van der Waals surface area contributed by atoms with Crippen LogP contribution in [0.1, 0.15) is 31.0 Å². The number of hydrogen-bond donors (Lipinski definition) is 0. The number of fused-ring (bicyclic) bond motifs is 3. The predicted octanol–water partition coefficient (Wildman–Crippen LogP) is 3.18. The van der Waals surface area contributed by atoms with E-state index in [0.717, 1.165) is 4.57 Å². The SMILES string of the molecule is CC1=NN(Cc2ccccc2F)c2nc3c(c(=O)n(Cc4ccccc4F)c(=O)n3C)n2C1C. The molecule has 0 radical (unpaired) electrons. The van der Waals surface area contributed by atoms with Crippen LogP contribution in [0.5, 0.6) is 0 Å². The smallest absolute Gasteiger partial charge is 0.294 e. The number of anilines is 1. The van der Waals surface area contributed by atoms with Gasteiger partial charge in [0.1, 0.15) is 11.6 Å². The molecule has 1 aliphatic heterocycles. The van der Waals surface area contributed by atoms with E-state index in [9.17, 15) is 18.4 Å². The van der Waals surface area contributed by atoms with Gasteiger partial charge >= 0.3 is 5.69 Å². The number of benzene rings is 2. The zero-order valence-corrected chi connectivity index (χ0v) is 18.9. The second-order valence-corrected chi connectivity index (χ2v) is 8.34. The van der Waals surface area contributed by atoms with Crippen molar-refractivity contribution >= 4 is 22.8 Å². The molecule has 0 aliphatic carbocycles. The molecule has 2 aromatic carbocycles. The molecule has 3 heterocycles. The largest absolute Gasteiger partial charge is 0.332 e. The molecular weight excluding hydrogens is 442 g/mol. The first kappa shape index (κ1) is 21.7. The van der Waals surface area contributed by atoms with Gasteiger partial charge in [-0.2, -0.15) is 10.1 Å². The van der Waals surface area contributed by atoms with Crippen LogP contribution in [0.15, 0.2) is 63.2 Å². The van der Waals surface area contributed by atoms with Gasteiger partial charge in [0, 0.05) is 18.2 Å². The normalized spacial score (nSPS) is 15.5. The summed E-state index contributed by atoms with van der Waals surface area (Å²) in [5.41, 5.74) is 0.537. The van der Waals surface area contributed by atoms with Crippen LogP contribution in [0.2, 0.25) is 0 Å². The van der Waals surface area contributed by atoms with E-state index in [1.165, 1.54) is 34.8 Å². The van der Waals surface area contributed by atoms with Crippen molar-refractivity contribution in [3.05, 3.63) is 92.1 Å². The maximum absolute atomic E-state index is 14.3. The van der Waals surface area contributed by atoms with E-state index < -0.39 is 17.1 Å². The van der Waals surface area contributed by atoms with Gasteiger partial charge in [-0.15, -0.1) is 0 Å². The summed E-state index contributed by atoms with van der Waals surface area (Å²) >= 11 is 0. The van der Waals surface area contributed by atoms with Gasteiger partial charge in [0.2, 0.25) is 5.95 Å². The minimum atomic E-state index is -0.609. The molecule has 0 saturated heterocycles. The van der Waals surface area contributed by atoms with E-state index in [-0.39, 0.29) is 41.7 Å². The molecule has 8 nitrogen and oxygen atoms in total. The van der Waals surface area contributed by atoms with Gasteiger partial charge < -0.3 is 0 Å². The van der Waals surface area contributed by atoms with Crippen LogP contribution in [0.25, 0.3) is 11.2 Å². The number of hydrazone groups is 1. The molecule has 0 bridgehead atoms. The average molecular weight is 464 g/mol. The Morgan fingerprint density at radius 2 is 1.53 bits per heavy atom. The Morgan fingerprint density at radius 1 is 0.941 bits per heavy atom. The van der Waals surface area contributed by atoms with Crippen molar-refractivity contribution in [2.45, 2.75) is 33.0 Å². The zero-order valence-electron chi connectivity index (χ0n) is 18.9. The van der Waals surface area contributed by atoms with Crippen LogP contribution < -0.4 is 16.3 Å². The Bertz CT molecular complexity index is 1580. The molecule has 34 heavy (non-hydrogen) atoms. The fourth-order valence-corrected chi connectivity index (χ4v) is 4.21. The van der Waals surface area contributed by atoms with Gasteiger partial charge in [0.05, 0.1) is 24.8 Å². The number of aryl methyl sites for hydroxylation is 1. The van der Waals surface area contributed by atoms with Crippen LogP contribution in [-0.2, 0) is 20.1 Å². The highest BCUT2D eigenvalue weighted by molar-refractivity contribution is 5.91. The Morgan fingerprint density at radius 3 is 2.15 bits per heavy atom. The number of halogens is 2. The van der Waals surface area contributed by atoms with E-state index in [0.29, 0.717) is 17.2 Å². The Kier molecular flexibility index (Phi) is 5.15. The van der Waals surface area contributed by atoms with Crippen LogP contribution in [0.4, 0.5) is 14.7 Å². The molecule has 4 aromatic rings. The third-order valence-corrected chi connectivity index (χ3v) is 6.22. The first-order valence-electron chi connectivity index (χ1n) is 10.8. The fraction of sp³-hybridized carbons (Fsp3) is 0.250. The highest BCUT2D eigenvalue weighted by Gasteiger charge is 2.31. The van der Waals surface area contributed by atoms with Crippen molar-refractivity contribution in [3.63, 3.8) is 0 Å². The van der Waals surface area contributed by atoms with Crippen LogP contribution in [0, 0.1) is 11.6 Å². The van der Waals surface area contributed by atoms with Crippen LogP contribution >= 0.6 is 0 Å². The first-order chi connectivity index (χ1) is 16.3. The zero-order chi connectivity index (χ0) is 24.1. The monoisotopic (exact) mass is 464 g/mol. The minimum absolute atomic E-state index is 0.0947. The summed E-state index contributed by atoms with van der Waals surface area (Å²) in [7, 11) is 1.51. The number of imidazole rings is 1. The van der Waals surface area contributed by atoms with Crippen molar-refractivity contribution in [1.82, 2.24) is 18.7 Å². The molecule has 0 spiro atoms. The summed E-state index contributed by atoms with van der Waals surface area (Å²) in [5, 5.41) is 6.10. The fourth-order valence-electron chi connectivity index (χ4n) is 4.21. The summed E-state index contributed by atoms with van der Waals surface area (Å²) in [4.78, 5) is 31.2. The summed E-state index contributed by atoms with van der Waals surface area (Å²) in [5.74, 6) is -0.553. The molecule has 1 unspecified atom stereocenters. The van der Waals surface area contributed by atoms with E-state index in [4.69, 9.17) is 0 Å². The molecule has 174 valence electrons.